The van der Waals surface area contributed by atoms with E-state index in [1.54, 1.807) is 24.3 Å². The fraction of sp³-hybridized carbons (Fsp3) is 0.467. The zero-order valence-corrected chi connectivity index (χ0v) is 14.9. The van der Waals surface area contributed by atoms with Crippen molar-refractivity contribution in [1.29, 1.82) is 0 Å². The second-order valence-electron chi connectivity index (χ2n) is 5.73. The second-order valence-corrected chi connectivity index (χ2v) is 8.87. The van der Waals surface area contributed by atoms with Gasteiger partial charge < -0.3 is 0 Å². The Balaban J connectivity index is 1.68. The van der Waals surface area contributed by atoms with Gasteiger partial charge in [-0.25, -0.2) is 8.42 Å². The van der Waals surface area contributed by atoms with Crippen LogP contribution in [0.2, 0.25) is 5.02 Å². The molecule has 0 radical (unpaired) electrons. The number of aromatic nitrogens is 2. The van der Waals surface area contributed by atoms with Gasteiger partial charge in [0.25, 0.3) is 0 Å². The molecule has 1 fully saturated rings. The van der Waals surface area contributed by atoms with E-state index >= 15 is 0 Å². The van der Waals surface area contributed by atoms with Crippen molar-refractivity contribution in [3.63, 3.8) is 0 Å². The lowest BCUT2D eigenvalue weighted by Gasteiger charge is -2.18. The van der Waals surface area contributed by atoms with Crippen molar-refractivity contribution in [2.75, 3.05) is 4.72 Å². The Hall–Kier alpha value is -1.18. The van der Waals surface area contributed by atoms with Crippen LogP contribution in [0, 0.1) is 0 Å². The van der Waals surface area contributed by atoms with Crippen LogP contribution in [0.5, 0.6) is 0 Å². The molecule has 3 rings (SSSR count). The van der Waals surface area contributed by atoms with Crippen LogP contribution in [0.25, 0.3) is 0 Å². The van der Waals surface area contributed by atoms with Crippen molar-refractivity contribution in [1.82, 2.24) is 10.2 Å². The van der Waals surface area contributed by atoms with E-state index in [2.05, 4.69) is 14.9 Å². The number of nitrogens with one attached hydrogen (secondary N) is 1. The summed E-state index contributed by atoms with van der Waals surface area (Å²) in [7, 11) is -3.55. The molecule has 0 bridgehead atoms. The van der Waals surface area contributed by atoms with Crippen molar-refractivity contribution in [3.05, 3.63) is 39.9 Å². The Morgan fingerprint density at radius 3 is 2.65 bits per heavy atom. The molecule has 0 aliphatic heterocycles. The van der Waals surface area contributed by atoms with Gasteiger partial charge >= 0.3 is 0 Å². The third-order valence-electron chi connectivity index (χ3n) is 3.94. The summed E-state index contributed by atoms with van der Waals surface area (Å²) in [6.07, 6.45) is 5.91. The molecule has 0 saturated heterocycles. The minimum absolute atomic E-state index is 0.176. The van der Waals surface area contributed by atoms with E-state index in [-0.39, 0.29) is 5.75 Å². The first-order chi connectivity index (χ1) is 11.0. The zero-order valence-electron chi connectivity index (χ0n) is 12.5. The van der Waals surface area contributed by atoms with Crippen LogP contribution in [0.4, 0.5) is 5.13 Å². The van der Waals surface area contributed by atoms with Gasteiger partial charge in [-0.1, -0.05) is 60.4 Å². The summed E-state index contributed by atoms with van der Waals surface area (Å²) in [4.78, 5) is 0. The van der Waals surface area contributed by atoms with Crippen molar-refractivity contribution < 1.29 is 8.42 Å². The predicted octanol–water partition coefficient (Wildman–Crippen LogP) is 4.18. The highest BCUT2D eigenvalue weighted by Crippen LogP contribution is 2.35. The number of anilines is 1. The first-order valence-electron chi connectivity index (χ1n) is 7.61. The van der Waals surface area contributed by atoms with E-state index in [9.17, 15) is 8.42 Å². The molecule has 0 unspecified atom stereocenters. The number of benzene rings is 1. The van der Waals surface area contributed by atoms with Gasteiger partial charge in [0.05, 0.1) is 5.75 Å². The molecule has 1 aliphatic carbocycles. The minimum Gasteiger partial charge on any atom is -0.257 e. The van der Waals surface area contributed by atoms with E-state index in [0.29, 0.717) is 21.6 Å². The number of hydrogen-bond acceptors (Lipinski definition) is 5. The highest BCUT2D eigenvalue weighted by Gasteiger charge is 2.21. The molecule has 0 atom stereocenters. The summed E-state index contributed by atoms with van der Waals surface area (Å²) < 4.78 is 27.1. The molecule has 2 aromatic rings. The maximum Gasteiger partial charge on any atom is 0.238 e. The van der Waals surface area contributed by atoms with E-state index in [1.807, 2.05) is 0 Å². The second kappa shape index (κ2) is 7.15. The van der Waals surface area contributed by atoms with Gasteiger partial charge in [0, 0.05) is 10.9 Å². The minimum atomic E-state index is -3.55. The Kier molecular flexibility index (Phi) is 5.18. The summed E-state index contributed by atoms with van der Waals surface area (Å²) in [5.74, 6) is 0.244. The fourth-order valence-corrected chi connectivity index (χ4v) is 5.41. The quantitative estimate of drug-likeness (QED) is 0.855. The Morgan fingerprint density at radius 2 is 1.91 bits per heavy atom. The van der Waals surface area contributed by atoms with Crippen LogP contribution in [0.1, 0.15) is 48.6 Å². The standard InChI is InChI=1S/C15H18ClN3O2S2/c16-13-9-5-4-8-12(13)10-23(20,21)19-15-18-17-14(22-15)11-6-2-1-3-7-11/h4-5,8-9,11H,1-3,6-7,10H2,(H,18,19). The lowest BCUT2D eigenvalue weighted by molar-refractivity contribution is 0.440. The number of rotatable bonds is 5. The summed E-state index contributed by atoms with van der Waals surface area (Å²) in [6, 6.07) is 6.92. The summed E-state index contributed by atoms with van der Waals surface area (Å²) in [5, 5.41) is 9.85. The van der Waals surface area contributed by atoms with E-state index in [0.717, 1.165) is 17.8 Å². The fourth-order valence-electron chi connectivity index (χ4n) is 2.78. The normalized spacial score (nSPS) is 16.4. The maximum absolute atomic E-state index is 12.3. The van der Waals surface area contributed by atoms with Gasteiger partial charge in [0.15, 0.2) is 0 Å². The van der Waals surface area contributed by atoms with E-state index in [4.69, 9.17) is 11.6 Å². The molecule has 1 heterocycles. The van der Waals surface area contributed by atoms with Gasteiger partial charge in [0.2, 0.25) is 15.2 Å². The first-order valence-corrected chi connectivity index (χ1v) is 10.5. The zero-order chi connectivity index (χ0) is 16.3. The van der Waals surface area contributed by atoms with Gasteiger partial charge in [-0.2, -0.15) is 0 Å². The molecule has 1 aromatic heterocycles. The third-order valence-corrected chi connectivity index (χ3v) is 6.64. The average molecular weight is 372 g/mol. The average Bonchev–Trinajstić information content (AvgIpc) is 2.98. The molecular formula is C15H18ClN3O2S2. The lowest BCUT2D eigenvalue weighted by atomic mass is 9.90. The molecule has 23 heavy (non-hydrogen) atoms. The van der Waals surface area contributed by atoms with Crippen molar-refractivity contribution >= 4 is 38.1 Å². The molecule has 1 saturated carbocycles. The predicted molar refractivity (Wildman–Crippen MR) is 93.4 cm³/mol. The summed E-state index contributed by atoms with van der Waals surface area (Å²) in [6.45, 7) is 0. The molecule has 1 aromatic carbocycles. The molecular weight excluding hydrogens is 354 g/mol. The number of halogens is 1. The van der Waals surface area contributed by atoms with Crippen molar-refractivity contribution in [2.45, 2.75) is 43.8 Å². The molecule has 1 aliphatic rings. The number of hydrogen-bond donors (Lipinski definition) is 1. The van der Waals surface area contributed by atoms with Crippen molar-refractivity contribution in [2.24, 2.45) is 0 Å². The molecule has 8 heteroatoms. The molecule has 0 spiro atoms. The monoisotopic (exact) mass is 371 g/mol. The van der Waals surface area contributed by atoms with Crippen LogP contribution in [0.3, 0.4) is 0 Å². The Labute approximate surface area is 145 Å². The van der Waals surface area contributed by atoms with Gasteiger partial charge in [-0.05, 0) is 24.5 Å². The SMILES string of the molecule is O=S(=O)(Cc1ccccc1Cl)Nc1nnc(C2CCCCC2)s1. The van der Waals surface area contributed by atoms with Gasteiger partial charge in [-0.3, -0.25) is 4.72 Å². The summed E-state index contributed by atoms with van der Waals surface area (Å²) in [5.41, 5.74) is 0.568. The largest absolute Gasteiger partial charge is 0.257 e. The van der Waals surface area contributed by atoms with Crippen LogP contribution >= 0.6 is 22.9 Å². The molecule has 1 N–H and O–H groups in total. The van der Waals surface area contributed by atoms with Crippen LogP contribution in [-0.2, 0) is 15.8 Å². The third kappa shape index (κ3) is 4.43. The summed E-state index contributed by atoms with van der Waals surface area (Å²) >= 11 is 7.36. The molecule has 5 nitrogen and oxygen atoms in total. The smallest absolute Gasteiger partial charge is 0.238 e. The van der Waals surface area contributed by atoms with E-state index in [1.165, 1.54) is 30.6 Å². The van der Waals surface area contributed by atoms with Gasteiger partial charge in [0.1, 0.15) is 5.01 Å². The van der Waals surface area contributed by atoms with Crippen molar-refractivity contribution in [3.8, 4) is 0 Å². The first kappa shape index (κ1) is 16.7. The Morgan fingerprint density at radius 1 is 1.17 bits per heavy atom. The topological polar surface area (TPSA) is 72.0 Å². The van der Waals surface area contributed by atoms with Crippen LogP contribution < -0.4 is 4.72 Å². The van der Waals surface area contributed by atoms with Gasteiger partial charge in [-0.15, -0.1) is 10.2 Å². The Bertz CT molecular complexity index is 771. The number of sulfonamides is 1. The molecule has 0 amide bonds. The van der Waals surface area contributed by atoms with Crippen LogP contribution in [0.15, 0.2) is 24.3 Å². The lowest BCUT2D eigenvalue weighted by Crippen LogP contribution is -2.15. The maximum atomic E-state index is 12.3. The highest BCUT2D eigenvalue weighted by atomic mass is 35.5. The molecule has 124 valence electrons. The van der Waals surface area contributed by atoms with Crippen LogP contribution in [-0.4, -0.2) is 18.6 Å². The highest BCUT2D eigenvalue weighted by molar-refractivity contribution is 7.92. The number of nitrogens with zero attached hydrogens (tertiary/aromatic N) is 2. The van der Waals surface area contributed by atoms with E-state index < -0.39 is 10.0 Å².